The highest BCUT2D eigenvalue weighted by Crippen LogP contribution is 2.23. The Morgan fingerprint density at radius 3 is 2.71 bits per heavy atom. The second-order valence-electron chi connectivity index (χ2n) is 6.85. The summed E-state index contributed by atoms with van der Waals surface area (Å²) in [6.07, 6.45) is 4.89. The predicted octanol–water partition coefficient (Wildman–Crippen LogP) is 0.990. The third kappa shape index (κ3) is 5.57. The van der Waals surface area contributed by atoms with E-state index in [1.807, 2.05) is 6.92 Å². The fourth-order valence-electron chi connectivity index (χ4n) is 3.12. The Bertz CT molecular complexity index is 329. The van der Waals surface area contributed by atoms with Crippen LogP contribution in [0.5, 0.6) is 0 Å². The number of nitrogens with zero attached hydrogens (tertiary/aromatic N) is 1. The average Bonchev–Trinajstić information content (AvgIpc) is 2.47. The zero-order valence-electron chi connectivity index (χ0n) is 13.7. The highest BCUT2D eigenvalue weighted by molar-refractivity contribution is 5.81. The molecule has 122 valence electrons. The van der Waals surface area contributed by atoms with Crippen LogP contribution in [0.3, 0.4) is 0 Å². The molecule has 2 N–H and O–H groups in total. The minimum atomic E-state index is -0.153. The molecule has 0 bridgehead atoms. The molecule has 2 rings (SSSR count). The predicted molar refractivity (Wildman–Crippen MR) is 84.3 cm³/mol. The van der Waals surface area contributed by atoms with Gasteiger partial charge in [0.15, 0.2) is 0 Å². The third-order valence-electron chi connectivity index (χ3n) is 4.75. The number of morpholine rings is 1. The number of nitrogens with one attached hydrogen (secondary N) is 2. The highest BCUT2D eigenvalue weighted by atomic mass is 16.5. The molecular weight excluding hydrogens is 266 g/mol. The van der Waals surface area contributed by atoms with Crippen molar-refractivity contribution in [3.63, 3.8) is 0 Å². The molecule has 0 spiro atoms. The van der Waals surface area contributed by atoms with Crippen molar-refractivity contribution in [2.24, 2.45) is 5.92 Å². The number of hydrogen-bond donors (Lipinski definition) is 2. The standard InChI is InChI=1S/C16H31N3O2/c1-12-4-6-14(7-5-12)18-16(20)13(2)17-10-15-11-19(3)8-9-21-15/h12-15,17H,4-11H2,1-3H3,(H,18,20)/t12?,13-,14?,15-/m0/s1. The van der Waals surface area contributed by atoms with Crippen LogP contribution in [0, 0.1) is 5.92 Å². The Morgan fingerprint density at radius 1 is 1.33 bits per heavy atom. The van der Waals surface area contributed by atoms with Crippen LogP contribution >= 0.6 is 0 Å². The first-order chi connectivity index (χ1) is 10.0. The van der Waals surface area contributed by atoms with Crippen molar-refractivity contribution in [3.8, 4) is 0 Å². The normalized spacial score (nSPS) is 32.6. The molecule has 1 saturated heterocycles. The maximum atomic E-state index is 12.2. The third-order valence-corrected chi connectivity index (χ3v) is 4.75. The van der Waals surface area contributed by atoms with Gasteiger partial charge in [-0.2, -0.15) is 0 Å². The summed E-state index contributed by atoms with van der Waals surface area (Å²) in [6, 6.07) is 0.218. The molecule has 2 aliphatic rings. The van der Waals surface area contributed by atoms with Crippen LogP contribution in [0.4, 0.5) is 0 Å². The van der Waals surface area contributed by atoms with Gasteiger partial charge in [-0.1, -0.05) is 6.92 Å². The summed E-state index contributed by atoms with van der Waals surface area (Å²) >= 11 is 0. The molecule has 0 radical (unpaired) electrons. The van der Waals surface area contributed by atoms with Gasteiger partial charge in [0.05, 0.1) is 18.8 Å². The van der Waals surface area contributed by atoms with Crippen molar-refractivity contribution in [1.29, 1.82) is 0 Å². The average molecular weight is 297 g/mol. The van der Waals surface area contributed by atoms with E-state index in [2.05, 4.69) is 29.5 Å². The number of ether oxygens (including phenoxy) is 1. The molecule has 0 unspecified atom stereocenters. The second kappa shape index (κ2) is 8.11. The molecule has 0 aromatic rings. The molecule has 21 heavy (non-hydrogen) atoms. The molecule has 1 heterocycles. The van der Waals surface area contributed by atoms with Gasteiger partial charge >= 0.3 is 0 Å². The molecule has 1 amide bonds. The van der Waals surface area contributed by atoms with Gasteiger partial charge in [0, 0.05) is 25.7 Å². The lowest BCUT2D eigenvalue weighted by molar-refractivity contribution is -0.124. The Balaban J connectivity index is 1.65. The van der Waals surface area contributed by atoms with E-state index in [-0.39, 0.29) is 18.1 Å². The summed E-state index contributed by atoms with van der Waals surface area (Å²) in [4.78, 5) is 14.5. The summed E-state index contributed by atoms with van der Waals surface area (Å²) < 4.78 is 5.70. The zero-order chi connectivity index (χ0) is 15.2. The van der Waals surface area contributed by atoms with Gasteiger partial charge in [0.25, 0.3) is 0 Å². The molecule has 5 heteroatoms. The van der Waals surface area contributed by atoms with E-state index in [4.69, 9.17) is 4.74 Å². The number of carbonyl (C=O) groups excluding carboxylic acids is 1. The molecule has 0 aromatic heterocycles. The summed E-state index contributed by atoms with van der Waals surface area (Å²) in [5, 5.41) is 6.49. The van der Waals surface area contributed by atoms with Crippen molar-refractivity contribution in [2.45, 2.75) is 57.7 Å². The van der Waals surface area contributed by atoms with E-state index in [0.717, 1.165) is 45.0 Å². The van der Waals surface area contributed by atoms with Gasteiger partial charge in [-0.25, -0.2) is 0 Å². The van der Waals surface area contributed by atoms with Gasteiger partial charge in [0.1, 0.15) is 0 Å². The topological polar surface area (TPSA) is 53.6 Å². The second-order valence-corrected chi connectivity index (χ2v) is 6.85. The molecule has 2 atom stereocenters. The first kappa shape index (κ1) is 16.7. The van der Waals surface area contributed by atoms with Gasteiger partial charge in [-0.05, 0) is 45.6 Å². The van der Waals surface area contributed by atoms with E-state index < -0.39 is 0 Å². The van der Waals surface area contributed by atoms with Gasteiger partial charge in [0.2, 0.25) is 5.91 Å². The SMILES string of the molecule is CC1CCC(NC(=O)[C@H](C)NC[C@H]2CN(C)CCO2)CC1. The Hall–Kier alpha value is -0.650. The van der Waals surface area contributed by atoms with Crippen LogP contribution in [0.25, 0.3) is 0 Å². The van der Waals surface area contributed by atoms with E-state index >= 15 is 0 Å². The van der Waals surface area contributed by atoms with Crippen molar-refractivity contribution >= 4 is 5.91 Å². The number of amides is 1. The zero-order valence-corrected chi connectivity index (χ0v) is 13.7. The lowest BCUT2D eigenvalue weighted by Crippen LogP contribution is -2.51. The summed E-state index contributed by atoms with van der Waals surface area (Å²) in [6.45, 7) is 7.68. The van der Waals surface area contributed by atoms with Crippen molar-refractivity contribution in [1.82, 2.24) is 15.5 Å². The van der Waals surface area contributed by atoms with Crippen LogP contribution < -0.4 is 10.6 Å². The molecule has 0 aromatic carbocycles. The summed E-state index contributed by atoms with van der Waals surface area (Å²) in [5.41, 5.74) is 0. The van der Waals surface area contributed by atoms with Crippen molar-refractivity contribution < 1.29 is 9.53 Å². The number of hydrogen-bond acceptors (Lipinski definition) is 4. The van der Waals surface area contributed by atoms with Gasteiger partial charge in [-0.15, -0.1) is 0 Å². The molecule has 1 saturated carbocycles. The molecule has 1 aliphatic carbocycles. The highest BCUT2D eigenvalue weighted by Gasteiger charge is 2.23. The lowest BCUT2D eigenvalue weighted by atomic mass is 9.87. The first-order valence-corrected chi connectivity index (χ1v) is 8.38. The fourth-order valence-corrected chi connectivity index (χ4v) is 3.12. The maximum Gasteiger partial charge on any atom is 0.237 e. The van der Waals surface area contributed by atoms with Crippen LogP contribution in [-0.2, 0) is 9.53 Å². The minimum Gasteiger partial charge on any atom is -0.374 e. The van der Waals surface area contributed by atoms with Crippen LogP contribution in [0.2, 0.25) is 0 Å². The van der Waals surface area contributed by atoms with Crippen LogP contribution in [0.1, 0.15) is 39.5 Å². The first-order valence-electron chi connectivity index (χ1n) is 8.38. The van der Waals surface area contributed by atoms with Crippen LogP contribution in [-0.4, -0.2) is 62.3 Å². The summed E-state index contributed by atoms with van der Waals surface area (Å²) in [5.74, 6) is 0.938. The fraction of sp³-hybridized carbons (Fsp3) is 0.938. The quantitative estimate of drug-likeness (QED) is 0.794. The van der Waals surface area contributed by atoms with Crippen molar-refractivity contribution in [3.05, 3.63) is 0 Å². The molecule has 5 nitrogen and oxygen atoms in total. The smallest absolute Gasteiger partial charge is 0.237 e. The Morgan fingerprint density at radius 2 is 2.05 bits per heavy atom. The Labute approximate surface area is 128 Å². The van der Waals surface area contributed by atoms with E-state index in [1.54, 1.807) is 0 Å². The monoisotopic (exact) mass is 297 g/mol. The molecule has 2 fully saturated rings. The van der Waals surface area contributed by atoms with Gasteiger partial charge < -0.3 is 20.3 Å². The number of carbonyl (C=O) groups is 1. The summed E-state index contributed by atoms with van der Waals surface area (Å²) in [7, 11) is 2.11. The lowest BCUT2D eigenvalue weighted by Gasteiger charge is -2.31. The molecular formula is C16H31N3O2. The number of likely N-dealkylation sites (N-methyl/N-ethyl adjacent to an activating group) is 1. The number of rotatable bonds is 5. The maximum absolute atomic E-state index is 12.2. The van der Waals surface area contributed by atoms with E-state index in [1.165, 1.54) is 12.8 Å². The van der Waals surface area contributed by atoms with Crippen molar-refractivity contribution in [2.75, 3.05) is 33.3 Å². The van der Waals surface area contributed by atoms with Gasteiger partial charge in [-0.3, -0.25) is 4.79 Å². The Kier molecular flexibility index (Phi) is 6.45. The largest absolute Gasteiger partial charge is 0.374 e. The minimum absolute atomic E-state index is 0.124. The van der Waals surface area contributed by atoms with E-state index in [9.17, 15) is 4.79 Å². The van der Waals surface area contributed by atoms with E-state index in [0.29, 0.717) is 6.04 Å². The molecule has 1 aliphatic heterocycles. The van der Waals surface area contributed by atoms with Crippen LogP contribution in [0.15, 0.2) is 0 Å².